The van der Waals surface area contributed by atoms with E-state index in [1.807, 2.05) is 32.9 Å². The van der Waals surface area contributed by atoms with Gasteiger partial charge in [0, 0.05) is 0 Å². The standard InChI is InChI=1S/C16H21Cl2N3O2/c1-15(2,3)23-9-10-6-7-16(22,8-10)12-5-4-11-13(17)19-14(18)20-21(11)12/h4-5,10,22H,6-9H2,1-3H3. The van der Waals surface area contributed by atoms with Crippen LogP contribution in [0, 0.1) is 5.92 Å². The molecule has 2 heterocycles. The van der Waals surface area contributed by atoms with Crippen molar-refractivity contribution in [2.24, 2.45) is 5.92 Å². The van der Waals surface area contributed by atoms with Gasteiger partial charge in [-0.25, -0.2) is 9.50 Å². The topological polar surface area (TPSA) is 59.7 Å². The Hall–Kier alpha value is -0.880. The van der Waals surface area contributed by atoms with Gasteiger partial charge < -0.3 is 9.84 Å². The second-order valence-electron chi connectivity index (χ2n) is 7.25. The molecule has 5 nitrogen and oxygen atoms in total. The lowest BCUT2D eigenvalue weighted by Gasteiger charge is -2.25. The molecule has 1 aliphatic rings. The van der Waals surface area contributed by atoms with Crippen LogP contribution in [0.2, 0.25) is 10.4 Å². The maximum absolute atomic E-state index is 11.1. The SMILES string of the molecule is CC(C)(C)OCC1CCC(O)(c2ccc3c(Cl)nc(Cl)nn23)C1. The Labute approximate surface area is 145 Å². The second-order valence-corrected chi connectivity index (χ2v) is 7.95. The summed E-state index contributed by atoms with van der Waals surface area (Å²) in [5.41, 5.74) is 0.238. The summed E-state index contributed by atoms with van der Waals surface area (Å²) in [6.07, 6.45) is 2.21. The second kappa shape index (κ2) is 5.88. The number of ether oxygens (including phenoxy) is 1. The number of aromatic nitrogens is 3. The van der Waals surface area contributed by atoms with Crippen LogP contribution in [-0.2, 0) is 10.3 Å². The molecular formula is C16H21Cl2N3O2. The molecule has 2 aromatic rings. The number of nitrogens with zero attached hydrogens (tertiary/aromatic N) is 3. The first-order valence-corrected chi connectivity index (χ1v) is 8.51. The Bertz CT molecular complexity index is 726. The lowest BCUT2D eigenvalue weighted by atomic mass is 9.96. The van der Waals surface area contributed by atoms with E-state index in [0.717, 1.165) is 6.42 Å². The highest BCUT2D eigenvalue weighted by atomic mass is 35.5. The highest BCUT2D eigenvalue weighted by Gasteiger charge is 2.41. The van der Waals surface area contributed by atoms with Gasteiger partial charge >= 0.3 is 0 Å². The van der Waals surface area contributed by atoms with Crippen molar-refractivity contribution in [1.82, 2.24) is 14.6 Å². The normalized spacial score (nSPS) is 25.4. The highest BCUT2D eigenvalue weighted by Crippen LogP contribution is 2.43. The fourth-order valence-corrected chi connectivity index (χ4v) is 3.58. The van der Waals surface area contributed by atoms with E-state index in [0.29, 0.717) is 36.6 Å². The first-order valence-electron chi connectivity index (χ1n) is 7.75. The maximum Gasteiger partial charge on any atom is 0.242 e. The summed E-state index contributed by atoms with van der Waals surface area (Å²) >= 11 is 12.0. The zero-order chi connectivity index (χ0) is 16.8. The van der Waals surface area contributed by atoms with Crippen molar-refractivity contribution in [3.05, 3.63) is 28.3 Å². The van der Waals surface area contributed by atoms with E-state index in [4.69, 9.17) is 27.9 Å². The minimum atomic E-state index is -0.945. The van der Waals surface area contributed by atoms with Gasteiger partial charge in [-0.1, -0.05) is 11.6 Å². The summed E-state index contributed by atoms with van der Waals surface area (Å²) in [6.45, 7) is 6.76. The zero-order valence-electron chi connectivity index (χ0n) is 13.5. The predicted octanol–water partition coefficient (Wildman–Crippen LogP) is 3.84. The largest absolute Gasteiger partial charge is 0.384 e. The molecule has 1 fully saturated rings. The Morgan fingerprint density at radius 2 is 2.13 bits per heavy atom. The lowest BCUT2D eigenvalue weighted by Crippen LogP contribution is -2.27. The number of hydrogen-bond donors (Lipinski definition) is 1. The molecule has 2 unspecified atom stereocenters. The fourth-order valence-electron chi connectivity index (χ4n) is 3.16. The summed E-state index contributed by atoms with van der Waals surface area (Å²) in [5.74, 6) is 0.317. The van der Waals surface area contributed by atoms with Crippen LogP contribution in [0.4, 0.5) is 0 Å². The first-order chi connectivity index (χ1) is 10.7. The van der Waals surface area contributed by atoms with Gasteiger partial charge in [0.25, 0.3) is 0 Å². The van der Waals surface area contributed by atoms with Crippen molar-refractivity contribution in [2.45, 2.75) is 51.2 Å². The van der Waals surface area contributed by atoms with E-state index in [1.54, 1.807) is 4.52 Å². The minimum Gasteiger partial charge on any atom is -0.384 e. The van der Waals surface area contributed by atoms with E-state index in [2.05, 4.69) is 10.1 Å². The zero-order valence-corrected chi connectivity index (χ0v) is 15.0. The number of halogens is 2. The Morgan fingerprint density at radius 1 is 1.39 bits per heavy atom. The van der Waals surface area contributed by atoms with E-state index < -0.39 is 5.60 Å². The third-order valence-electron chi connectivity index (χ3n) is 4.26. The molecule has 2 aromatic heterocycles. The highest BCUT2D eigenvalue weighted by molar-refractivity contribution is 6.34. The Kier molecular flexibility index (Phi) is 4.34. The molecule has 3 rings (SSSR count). The fraction of sp³-hybridized carbons (Fsp3) is 0.625. The summed E-state index contributed by atoms with van der Waals surface area (Å²) < 4.78 is 7.47. The summed E-state index contributed by atoms with van der Waals surface area (Å²) in [4.78, 5) is 3.93. The van der Waals surface area contributed by atoms with Crippen LogP contribution in [0.1, 0.15) is 45.7 Å². The van der Waals surface area contributed by atoms with Crippen LogP contribution < -0.4 is 0 Å². The molecule has 0 radical (unpaired) electrons. The van der Waals surface area contributed by atoms with E-state index >= 15 is 0 Å². The average molecular weight is 358 g/mol. The van der Waals surface area contributed by atoms with Gasteiger partial charge in [-0.2, -0.15) is 0 Å². The smallest absolute Gasteiger partial charge is 0.242 e. The molecule has 0 saturated heterocycles. The molecule has 1 aliphatic carbocycles. The quantitative estimate of drug-likeness (QED) is 0.906. The molecule has 1 saturated carbocycles. The van der Waals surface area contributed by atoms with Crippen molar-refractivity contribution in [1.29, 1.82) is 0 Å². The number of fused-ring (bicyclic) bond motifs is 1. The number of aliphatic hydroxyl groups is 1. The molecule has 0 spiro atoms. The van der Waals surface area contributed by atoms with E-state index in [1.165, 1.54) is 0 Å². The number of rotatable bonds is 3. The Morgan fingerprint density at radius 3 is 2.83 bits per heavy atom. The molecule has 23 heavy (non-hydrogen) atoms. The van der Waals surface area contributed by atoms with Crippen LogP contribution >= 0.6 is 23.2 Å². The molecule has 0 aromatic carbocycles. The van der Waals surface area contributed by atoms with Gasteiger partial charge in [0.1, 0.15) is 11.1 Å². The van der Waals surface area contributed by atoms with Gasteiger partial charge in [-0.15, -0.1) is 5.10 Å². The summed E-state index contributed by atoms with van der Waals surface area (Å²) in [6, 6.07) is 3.66. The Balaban J connectivity index is 1.85. The lowest BCUT2D eigenvalue weighted by molar-refractivity contribution is -0.0296. The van der Waals surface area contributed by atoms with Gasteiger partial charge in [0.05, 0.1) is 17.9 Å². The average Bonchev–Trinajstić information content (AvgIpc) is 3.00. The van der Waals surface area contributed by atoms with Crippen molar-refractivity contribution in [2.75, 3.05) is 6.61 Å². The molecule has 7 heteroatoms. The molecule has 2 atom stereocenters. The van der Waals surface area contributed by atoms with Gasteiger partial charge in [0.15, 0.2) is 5.15 Å². The van der Waals surface area contributed by atoms with E-state index in [9.17, 15) is 5.11 Å². The minimum absolute atomic E-state index is 0.0640. The van der Waals surface area contributed by atoms with Gasteiger partial charge in [-0.3, -0.25) is 0 Å². The monoisotopic (exact) mass is 357 g/mol. The van der Waals surface area contributed by atoms with Crippen LogP contribution in [0.25, 0.3) is 5.52 Å². The molecular weight excluding hydrogens is 337 g/mol. The molecule has 1 N–H and O–H groups in total. The van der Waals surface area contributed by atoms with Gasteiger partial charge in [-0.05, 0) is 69.7 Å². The van der Waals surface area contributed by atoms with E-state index in [-0.39, 0.29) is 16.0 Å². The van der Waals surface area contributed by atoms with Crippen molar-refractivity contribution < 1.29 is 9.84 Å². The van der Waals surface area contributed by atoms with Crippen LogP contribution in [0.15, 0.2) is 12.1 Å². The van der Waals surface area contributed by atoms with Crippen LogP contribution in [-0.4, -0.2) is 31.9 Å². The third-order valence-corrected chi connectivity index (χ3v) is 4.70. The molecule has 0 amide bonds. The molecule has 126 valence electrons. The molecule has 0 aliphatic heterocycles. The number of hydrogen-bond acceptors (Lipinski definition) is 4. The van der Waals surface area contributed by atoms with Crippen LogP contribution in [0.3, 0.4) is 0 Å². The summed E-state index contributed by atoms with van der Waals surface area (Å²) in [5, 5.41) is 15.6. The molecule has 0 bridgehead atoms. The predicted molar refractivity (Wildman–Crippen MR) is 89.9 cm³/mol. The van der Waals surface area contributed by atoms with Crippen LogP contribution in [0.5, 0.6) is 0 Å². The van der Waals surface area contributed by atoms with Crippen molar-refractivity contribution in [3.63, 3.8) is 0 Å². The first kappa shape index (κ1) is 17.0. The van der Waals surface area contributed by atoms with Crippen molar-refractivity contribution >= 4 is 28.7 Å². The third kappa shape index (κ3) is 3.48. The maximum atomic E-state index is 11.1. The van der Waals surface area contributed by atoms with Crippen molar-refractivity contribution in [3.8, 4) is 0 Å². The van der Waals surface area contributed by atoms with Gasteiger partial charge in [0.2, 0.25) is 5.28 Å². The summed E-state index contributed by atoms with van der Waals surface area (Å²) in [7, 11) is 0.